The third kappa shape index (κ3) is 2.60. The molecule has 1 aromatic rings. The fourth-order valence-corrected chi connectivity index (χ4v) is 4.72. The van der Waals surface area contributed by atoms with Crippen molar-refractivity contribution in [2.24, 2.45) is 0 Å². The van der Waals surface area contributed by atoms with Gasteiger partial charge in [0.2, 0.25) is 5.91 Å². The first-order valence-corrected chi connectivity index (χ1v) is 9.27. The van der Waals surface area contributed by atoms with Gasteiger partial charge in [-0.25, -0.2) is 9.78 Å². The molecule has 0 radical (unpaired) electrons. The summed E-state index contributed by atoms with van der Waals surface area (Å²) in [7, 11) is 0. The van der Waals surface area contributed by atoms with Gasteiger partial charge in [0.05, 0.1) is 29.3 Å². The molecule has 23 heavy (non-hydrogen) atoms. The van der Waals surface area contributed by atoms with Gasteiger partial charge in [0.1, 0.15) is 0 Å². The molecule has 0 unspecified atom stereocenters. The van der Waals surface area contributed by atoms with Crippen LogP contribution in [0.2, 0.25) is 0 Å². The first-order chi connectivity index (χ1) is 11.1. The molecule has 124 valence electrons. The van der Waals surface area contributed by atoms with Gasteiger partial charge in [0.25, 0.3) is 0 Å². The molecule has 6 nitrogen and oxygen atoms in total. The van der Waals surface area contributed by atoms with Gasteiger partial charge in [0.15, 0.2) is 0 Å². The van der Waals surface area contributed by atoms with Crippen molar-refractivity contribution in [2.45, 2.75) is 51.2 Å². The Bertz CT molecular complexity index is 625. The molecule has 0 bridgehead atoms. The SMILES string of the molecule is Cc1nc(CN2C(=O)C[C@@H]3[C@@H]2CCN3C(=O)N2CCCC2)cs1. The number of likely N-dealkylation sites (tertiary alicyclic amines) is 3. The van der Waals surface area contributed by atoms with E-state index in [1.165, 1.54) is 0 Å². The number of thiazole rings is 1. The summed E-state index contributed by atoms with van der Waals surface area (Å²) in [6.07, 6.45) is 3.55. The van der Waals surface area contributed by atoms with Crippen LogP contribution in [0.3, 0.4) is 0 Å². The van der Waals surface area contributed by atoms with Crippen molar-refractivity contribution >= 4 is 23.3 Å². The summed E-state index contributed by atoms with van der Waals surface area (Å²) in [6.45, 7) is 5.06. The second-order valence-electron chi connectivity index (χ2n) is 6.68. The molecular formula is C16H22N4O2S. The molecule has 0 saturated carbocycles. The number of rotatable bonds is 2. The Hall–Kier alpha value is -1.63. The van der Waals surface area contributed by atoms with Gasteiger partial charge in [-0.05, 0) is 26.2 Å². The Morgan fingerprint density at radius 1 is 1.30 bits per heavy atom. The number of nitrogens with zero attached hydrogens (tertiary/aromatic N) is 4. The Morgan fingerprint density at radius 2 is 2.09 bits per heavy atom. The molecule has 4 heterocycles. The fraction of sp³-hybridized carbons (Fsp3) is 0.688. The lowest BCUT2D eigenvalue weighted by atomic mass is 10.1. The summed E-state index contributed by atoms with van der Waals surface area (Å²) in [4.78, 5) is 35.4. The highest BCUT2D eigenvalue weighted by atomic mass is 32.1. The number of aromatic nitrogens is 1. The topological polar surface area (TPSA) is 56.8 Å². The average molecular weight is 334 g/mol. The summed E-state index contributed by atoms with van der Waals surface area (Å²) in [6, 6.07) is 0.348. The van der Waals surface area contributed by atoms with E-state index >= 15 is 0 Å². The van der Waals surface area contributed by atoms with Gasteiger partial charge in [-0.15, -0.1) is 11.3 Å². The normalized spacial score (nSPS) is 27.2. The Labute approximate surface area is 140 Å². The van der Waals surface area contributed by atoms with E-state index in [9.17, 15) is 9.59 Å². The molecule has 2 atom stereocenters. The molecule has 3 amide bonds. The van der Waals surface area contributed by atoms with Crippen LogP contribution in [0.25, 0.3) is 0 Å². The number of amides is 3. The number of hydrogen-bond acceptors (Lipinski definition) is 4. The second kappa shape index (κ2) is 5.78. The molecule has 3 aliphatic rings. The van der Waals surface area contributed by atoms with Crippen molar-refractivity contribution in [1.29, 1.82) is 0 Å². The van der Waals surface area contributed by atoms with Crippen molar-refractivity contribution in [3.8, 4) is 0 Å². The smallest absolute Gasteiger partial charge is 0.320 e. The monoisotopic (exact) mass is 334 g/mol. The van der Waals surface area contributed by atoms with Crippen molar-refractivity contribution < 1.29 is 9.59 Å². The summed E-state index contributed by atoms with van der Waals surface area (Å²) < 4.78 is 0. The molecular weight excluding hydrogens is 312 g/mol. The molecule has 0 spiro atoms. The van der Waals surface area contributed by atoms with Gasteiger partial charge in [-0.1, -0.05) is 0 Å². The van der Waals surface area contributed by atoms with E-state index in [-0.39, 0.29) is 24.0 Å². The molecule has 3 aliphatic heterocycles. The molecule has 0 aliphatic carbocycles. The lowest BCUT2D eigenvalue weighted by molar-refractivity contribution is -0.129. The standard InChI is InChI=1S/C16H22N4O2S/c1-11-17-12(10-23-11)9-20-13-4-7-19(14(13)8-15(20)21)16(22)18-5-2-3-6-18/h10,13-14H,2-9H2,1H3/t13-,14+/m0/s1. The summed E-state index contributed by atoms with van der Waals surface area (Å²) in [5.74, 6) is 0.157. The van der Waals surface area contributed by atoms with Crippen LogP contribution in [-0.2, 0) is 11.3 Å². The van der Waals surface area contributed by atoms with Crippen LogP contribution in [0.1, 0.15) is 36.4 Å². The largest absolute Gasteiger partial charge is 0.332 e. The third-order valence-corrected chi connectivity index (χ3v) is 6.06. The Balaban J connectivity index is 1.47. The van der Waals surface area contributed by atoms with E-state index < -0.39 is 0 Å². The van der Waals surface area contributed by atoms with Crippen LogP contribution in [0.5, 0.6) is 0 Å². The van der Waals surface area contributed by atoms with Gasteiger partial charge in [0, 0.05) is 31.4 Å². The predicted molar refractivity (Wildman–Crippen MR) is 87.1 cm³/mol. The van der Waals surface area contributed by atoms with E-state index in [1.54, 1.807) is 11.3 Å². The van der Waals surface area contributed by atoms with Crippen LogP contribution in [0.15, 0.2) is 5.38 Å². The maximum absolute atomic E-state index is 12.7. The van der Waals surface area contributed by atoms with Crippen LogP contribution in [0, 0.1) is 6.92 Å². The average Bonchev–Trinajstić information content (AvgIpc) is 3.27. The van der Waals surface area contributed by atoms with Gasteiger partial charge in [-0.3, -0.25) is 4.79 Å². The molecule has 0 aromatic carbocycles. The van der Waals surface area contributed by atoms with Crippen molar-refractivity contribution in [3.63, 3.8) is 0 Å². The van der Waals surface area contributed by atoms with Crippen LogP contribution < -0.4 is 0 Å². The Morgan fingerprint density at radius 3 is 2.78 bits per heavy atom. The number of urea groups is 1. The van der Waals surface area contributed by atoms with Gasteiger partial charge < -0.3 is 14.7 Å². The van der Waals surface area contributed by atoms with Crippen molar-refractivity contribution in [1.82, 2.24) is 19.7 Å². The maximum atomic E-state index is 12.7. The summed E-state index contributed by atoms with van der Waals surface area (Å²) in [5, 5.41) is 3.05. The number of fused-ring (bicyclic) bond motifs is 1. The third-order valence-electron chi connectivity index (χ3n) is 5.24. The lowest BCUT2D eigenvalue weighted by Crippen LogP contribution is -2.46. The minimum Gasteiger partial charge on any atom is -0.332 e. The minimum atomic E-state index is 0.0512. The van der Waals surface area contributed by atoms with Gasteiger partial charge in [-0.2, -0.15) is 0 Å². The first kappa shape index (κ1) is 14.9. The highest BCUT2D eigenvalue weighted by molar-refractivity contribution is 7.09. The highest BCUT2D eigenvalue weighted by Crippen LogP contribution is 2.34. The molecule has 0 N–H and O–H groups in total. The lowest BCUT2D eigenvalue weighted by Gasteiger charge is -2.28. The van der Waals surface area contributed by atoms with E-state index in [0.717, 1.165) is 49.6 Å². The predicted octanol–water partition coefficient (Wildman–Crippen LogP) is 1.84. The Kier molecular flexibility index (Phi) is 3.75. The van der Waals surface area contributed by atoms with Crippen LogP contribution in [0.4, 0.5) is 4.79 Å². The van der Waals surface area contributed by atoms with E-state index in [4.69, 9.17) is 0 Å². The van der Waals surface area contributed by atoms with Crippen LogP contribution >= 0.6 is 11.3 Å². The molecule has 3 fully saturated rings. The first-order valence-electron chi connectivity index (χ1n) is 8.39. The van der Waals surface area contributed by atoms with Crippen molar-refractivity contribution in [2.75, 3.05) is 19.6 Å². The van der Waals surface area contributed by atoms with Crippen LogP contribution in [-0.4, -0.2) is 63.3 Å². The quantitative estimate of drug-likeness (QED) is 0.829. The zero-order valence-electron chi connectivity index (χ0n) is 13.4. The summed E-state index contributed by atoms with van der Waals surface area (Å²) in [5.41, 5.74) is 0.964. The zero-order chi connectivity index (χ0) is 16.0. The number of hydrogen-bond donors (Lipinski definition) is 0. The molecule has 4 rings (SSSR count). The van der Waals surface area contributed by atoms with Crippen molar-refractivity contribution in [3.05, 3.63) is 16.1 Å². The van der Waals surface area contributed by atoms with E-state index in [0.29, 0.717) is 13.0 Å². The number of carbonyl (C=O) groups excluding carboxylic acids is 2. The highest BCUT2D eigenvalue weighted by Gasteiger charge is 2.49. The second-order valence-corrected chi connectivity index (χ2v) is 7.74. The zero-order valence-corrected chi connectivity index (χ0v) is 14.2. The molecule has 1 aromatic heterocycles. The summed E-state index contributed by atoms with van der Waals surface area (Å²) >= 11 is 1.62. The molecule has 7 heteroatoms. The number of carbonyl (C=O) groups is 2. The molecule has 3 saturated heterocycles. The van der Waals surface area contributed by atoms with Gasteiger partial charge >= 0.3 is 6.03 Å². The van der Waals surface area contributed by atoms with E-state index in [2.05, 4.69) is 4.98 Å². The minimum absolute atomic E-state index is 0.0512. The maximum Gasteiger partial charge on any atom is 0.320 e. The van der Waals surface area contributed by atoms with E-state index in [1.807, 2.05) is 27.0 Å². The number of aryl methyl sites for hydroxylation is 1. The fourth-order valence-electron chi connectivity index (χ4n) is 4.12.